The van der Waals surface area contributed by atoms with Crippen LogP contribution < -0.4 is 19.9 Å². The summed E-state index contributed by atoms with van der Waals surface area (Å²) in [6, 6.07) is 14.9. The molecular weight excluding hydrogens is 1010 g/mol. The van der Waals surface area contributed by atoms with Crippen LogP contribution in [0.25, 0.3) is 43.8 Å². The largest absolute Gasteiger partial charge is 0.461 e. The van der Waals surface area contributed by atoms with Gasteiger partial charge in [0.1, 0.15) is 36.1 Å². The van der Waals surface area contributed by atoms with Crippen LogP contribution >= 0.6 is 0 Å². The number of nitrogens with one attached hydrogen (secondary N) is 1. The van der Waals surface area contributed by atoms with E-state index in [-0.39, 0.29) is 58.3 Å². The number of aryl methyl sites for hydroxylation is 2. The van der Waals surface area contributed by atoms with Gasteiger partial charge in [-0.1, -0.05) is 37.1 Å². The summed E-state index contributed by atoms with van der Waals surface area (Å²) in [5.41, 5.74) is 3.86. The minimum absolute atomic E-state index is 0.00409. The molecule has 79 heavy (non-hydrogen) atoms. The molecule has 1 N–H and O–H groups in total. The van der Waals surface area contributed by atoms with Crippen molar-refractivity contribution < 1.29 is 37.4 Å². The van der Waals surface area contributed by atoms with Crippen molar-refractivity contribution in [1.82, 2.24) is 39.8 Å². The van der Waals surface area contributed by atoms with Gasteiger partial charge in [-0.3, -0.25) is 24.5 Å². The smallest absolute Gasteiger partial charge is 0.409 e. The Morgan fingerprint density at radius 3 is 2.54 bits per heavy atom. The molecule has 0 radical (unpaired) electrons. The van der Waals surface area contributed by atoms with Crippen LogP contribution in [0.3, 0.4) is 0 Å². The Labute approximate surface area is 458 Å². The van der Waals surface area contributed by atoms with Crippen molar-refractivity contribution >= 4 is 62.0 Å². The molecule has 0 spiro atoms. The number of anilines is 2. The van der Waals surface area contributed by atoms with Crippen LogP contribution in [0.15, 0.2) is 48.5 Å². The Morgan fingerprint density at radius 1 is 0.911 bits per heavy atom. The van der Waals surface area contributed by atoms with Crippen molar-refractivity contribution in [2.24, 2.45) is 24.8 Å². The van der Waals surface area contributed by atoms with E-state index in [9.17, 15) is 14.4 Å². The molecule has 412 valence electrons. The first kappa shape index (κ1) is 51.5. The fourth-order valence-corrected chi connectivity index (χ4v) is 14.8. The van der Waals surface area contributed by atoms with E-state index in [0.29, 0.717) is 116 Å². The maximum atomic E-state index is 17.5. The molecular formula is C61H68F2N10O6. The van der Waals surface area contributed by atoms with Gasteiger partial charge in [0.05, 0.1) is 52.0 Å². The zero-order valence-electron chi connectivity index (χ0n) is 45.2. The predicted molar refractivity (Wildman–Crippen MR) is 296 cm³/mol. The Hall–Kier alpha value is -6.97. The summed E-state index contributed by atoms with van der Waals surface area (Å²) in [5.74, 6) is 2.67. The number of halogens is 2. The number of amides is 3. The van der Waals surface area contributed by atoms with Crippen LogP contribution in [0.5, 0.6) is 6.01 Å². The number of fused-ring (bicyclic) bond motifs is 5. The average molecular weight is 1080 g/mol. The van der Waals surface area contributed by atoms with Gasteiger partial charge < -0.3 is 28.9 Å². The van der Waals surface area contributed by atoms with Crippen LogP contribution in [-0.4, -0.2) is 136 Å². The lowest BCUT2D eigenvalue weighted by Gasteiger charge is -2.41. The third-order valence-electron chi connectivity index (χ3n) is 19.2. The second-order valence-electron chi connectivity index (χ2n) is 23.4. The van der Waals surface area contributed by atoms with E-state index in [1.165, 1.54) is 6.07 Å². The fourth-order valence-electron chi connectivity index (χ4n) is 14.8. The van der Waals surface area contributed by atoms with Gasteiger partial charge >= 0.3 is 12.1 Å². The third-order valence-corrected chi connectivity index (χ3v) is 19.2. The second kappa shape index (κ2) is 20.9. The van der Waals surface area contributed by atoms with Crippen LogP contribution in [0.2, 0.25) is 0 Å². The predicted octanol–water partition coefficient (Wildman–Crippen LogP) is 8.83. The number of rotatable bonds is 10. The molecule has 5 atom stereocenters. The van der Waals surface area contributed by atoms with Gasteiger partial charge in [0.2, 0.25) is 11.8 Å². The van der Waals surface area contributed by atoms with Crippen molar-refractivity contribution in [2.75, 3.05) is 75.5 Å². The third kappa shape index (κ3) is 9.28. The van der Waals surface area contributed by atoms with E-state index in [2.05, 4.69) is 51.1 Å². The Balaban J connectivity index is 0.640. The molecule has 3 aromatic heterocycles. The number of benzene rings is 3. The van der Waals surface area contributed by atoms with Crippen LogP contribution in [0, 0.1) is 41.7 Å². The van der Waals surface area contributed by atoms with Gasteiger partial charge in [-0.15, -0.1) is 6.42 Å². The molecule has 6 saturated heterocycles. The zero-order chi connectivity index (χ0) is 54.1. The van der Waals surface area contributed by atoms with Crippen LogP contribution in [-0.2, 0) is 32.5 Å². The minimum atomic E-state index is -0.640. The summed E-state index contributed by atoms with van der Waals surface area (Å²) in [6.07, 6.45) is 16.2. The lowest BCUT2D eigenvalue weighted by atomic mass is 9.74. The second-order valence-corrected chi connectivity index (χ2v) is 23.4. The standard InChI is InChI=1S/C61H68F2N10O6/c1-4-43-47(62)15-10-39-8-5-9-45(51(39)43)55-53(63)56-52-48(64-55)16-12-41-33-77-31-7-25-72(41)57(52)67-59(66-56)79-35-61-23-6-26-73(61)42(18-24-61)34-78-60(76)71-29-21-38(22-30-71)36(2)37-19-27-70(28-20-37)40-11-13-44-49(32-40)69(3)68-54(44)46-14-17-50(74)65-58(46)75/h1,5,8-11,13,15,32,36-38,41-42,46H,6-7,12,14,16-31,33-35H2,2-3H3,(H,65,74,75)/t36-,41-,42-,46?,61-/m0/s1. The number of ether oxygens (including phenoxy) is 3. The summed E-state index contributed by atoms with van der Waals surface area (Å²) < 4.78 is 53.4. The number of likely N-dealkylation sites (tertiary alicyclic amines) is 1. The number of hydrogen-bond acceptors (Lipinski definition) is 13. The molecule has 0 bridgehead atoms. The van der Waals surface area contributed by atoms with Crippen LogP contribution in [0.1, 0.15) is 107 Å². The van der Waals surface area contributed by atoms with Crippen molar-refractivity contribution in [3.05, 3.63) is 77.1 Å². The zero-order valence-corrected chi connectivity index (χ0v) is 45.2. The van der Waals surface area contributed by atoms with E-state index in [1.807, 2.05) is 22.7 Å². The highest BCUT2D eigenvalue weighted by Gasteiger charge is 2.50. The van der Waals surface area contributed by atoms with Gasteiger partial charge in [0.25, 0.3) is 0 Å². The molecule has 6 fully saturated rings. The van der Waals surface area contributed by atoms with Crippen LogP contribution in [0.4, 0.5) is 25.1 Å². The molecule has 6 aromatic rings. The summed E-state index contributed by atoms with van der Waals surface area (Å²) in [6.45, 7) is 9.00. The van der Waals surface area contributed by atoms with E-state index in [0.717, 1.165) is 106 Å². The maximum Gasteiger partial charge on any atom is 0.409 e. The lowest BCUT2D eigenvalue weighted by molar-refractivity contribution is -0.134. The lowest BCUT2D eigenvalue weighted by Crippen LogP contribution is -2.48. The molecule has 3 aromatic carbocycles. The average Bonchev–Trinajstić information content (AvgIpc) is 4.24. The first-order chi connectivity index (χ1) is 38.4. The Morgan fingerprint density at radius 2 is 1.73 bits per heavy atom. The molecule has 7 aliphatic rings. The molecule has 18 heteroatoms. The fraction of sp³-hybridized carbons (Fsp3) is 0.525. The highest BCUT2D eigenvalue weighted by molar-refractivity contribution is 6.04. The van der Waals surface area contributed by atoms with E-state index < -0.39 is 17.6 Å². The normalized spacial score (nSPS) is 24.5. The minimum Gasteiger partial charge on any atom is -0.461 e. The highest BCUT2D eigenvalue weighted by Crippen LogP contribution is 2.45. The van der Waals surface area contributed by atoms with Crippen molar-refractivity contribution in [2.45, 2.75) is 114 Å². The van der Waals surface area contributed by atoms with Gasteiger partial charge in [0.15, 0.2) is 5.82 Å². The maximum absolute atomic E-state index is 17.5. The SMILES string of the molecule is C#Cc1c(F)ccc2cccc(-c3nc4c5c(nc(OC[C@@]67CCCN6[C@H](COC(=O)N6CCC([C@@H](C)C8CCN(c9ccc%10c(C%11CCC(=O)NC%11=O)nn(C)c%10c9)CC8)CC6)CC7)nc5c3F)N3CCCOC[C@@H]3CC4)c12. The van der Waals surface area contributed by atoms with Gasteiger partial charge in [-0.25, -0.2) is 18.6 Å². The number of nitrogens with zero attached hydrogens (tertiary/aromatic N) is 9. The number of aromatic nitrogens is 5. The molecule has 16 nitrogen and oxygen atoms in total. The number of pyridine rings is 1. The first-order valence-corrected chi connectivity index (χ1v) is 28.7. The quantitative estimate of drug-likeness (QED) is 0.103. The number of carbonyl (C=O) groups excluding carboxylic acids is 3. The molecule has 0 aliphatic carbocycles. The monoisotopic (exact) mass is 1070 g/mol. The number of terminal acetylenes is 1. The van der Waals surface area contributed by atoms with Crippen molar-refractivity contribution in [3.63, 3.8) is 0 Å². The Bertz CT molecular complexity index is 3440. The number of imide groups is 1. The summed E-state index contributed by atoms with van der Waals surface area (Å²) in [7, 11) is 1.91. The van der Waals surface area contributed by atoms with E-state index in [1.54, 1.807) is 18.2 Å². The van der Waals surface area contributed by atoms with Crippen molar-refractivity contribution in [3.8, 4) is 29.6 Å². The van der Waals surface area contributed by atoms with Gasteiger partial charge in [-0.2, -0.15) is 15.1 Å². The number of hydrogen-bond donors (Lipinski definition) is 1. The number of carbonyl (C=O) groups is 3. The van der Waals surface area contributed by atoms with Gasteiger partial charge in [0, 0.05) is 80.9 Å². The Kier molecular flexibility index (Phi) is 13.6. The summed E-state index contributed by atoms with van der Waals surface area (Å²) >= 11 is 0. The van der Waals surface area contributed by atoms with Gasteiger partial charge in [-0.05, 0) is 131 Å². The number of piperidine rings is 3. The first-order valence-electron chi connectivity index (χ1n) is 28.7. The van der Waals surface area contributed by atoms with E-state index >= 15 is 8.78 Å². The summed E-state index contributed by atoms with van der Waals surface area (Å²) in [5, 5.41) is 9.84. The molecule has 0 saturated carbocycles. The molecule has 13 rings (SSSR count). The molecule has 3 amide bonds. The molecule has 7 aliphatic heterocycles. The van der Waals surface area contributed by atoms with Crippen molar-refractivity contribution in [1.29, 1.82) is 0 Å². The summed E-state index contributed by atoms with van der Waals surface area (Å²) in [4.78, 5) is 62.2. The topological polar surface area (TPSA) is 160 Å². The highest BCUT2D eigenvalue weighted by atomic mass is 19.1. The molecule has 10 heterocycles. The molecule has 1 unspecified atom stereocenters. The van der Waals surface area contributed by atoms with E-state index in [4.69, 9.17) is 40.7 Å².